The zero-order valence-electron chi connectivity index (χ0n) is 8.69. The van der Waals surface area contributed by atoms with Crippen molar-refractivity contribution in [2.75, 3.05) is 26.3 Å². The van der Waals surface area contributed by atoms with Crippen LogP contribution >= 0.6 is 23.0 Å². The zero-order chi connectivity index (χ0) is 11.4. The molecule has 1 heterocycles. The van der Waals surface area contributed by atoms with Crippen LogP contribution < -0.4 is 3.07 Å². The first-order chi connectivity index (χ1) is 7.81. The number of halogens is 1. The Morgan fingerprint density at radius 3 is 2.44 bits per heavy atom. The van der Waals surface area contributed by atoms with E-state index >= 15 is 0 Å². The first-order valence-electron chi connectivity index (χ1n) is 5.07. The normalized spacial score (nSPS) is 15.9. The van der Waals surface area contributed by atoms with Crippen LogP contribution in [0.5, 0.6) is 5.75 Å². The molecular weight excluding hydrogens is 321 g/mol. The van der Waals surface area contributed by atoms with Gasteiger partial charge in [-0.3, -0.25) is 4.79 Å². The number of carbonyl (C=O) groups is 1. The maximum absolute atomic E-state index is 12.0. The number of morpholine rings is 1. The molecule has 0 spiro atoms. The van der Waals surface area contributed by atoms with E-state index in [0.717, 1.165) is 5.75 Å². The second-order valence-corrected chi connectivity index (χ2v) is 3.95. The molecule has 0 aliphatic carbocycles. The summed E-state index contributed by atoms with van der Waals surface area (Å²) < 4.78 is 10.2. The highest BCUT2D eigenvalue weighted by Crippen LogP contribution is 2.15. The third-order valence-electron chi connectivity index (χ3n) is 2.49. The number of nitrogens with zero attached hydrogens (tertiary/aromatic N) is 1. The molecule has 0 unspecified atom stereocenters. The Bertz CT molecular complexity index is 360. The van der Waals surface area contributed by atoms with Gasteiger partial charge in [-0.05, 0) is 24.3 Å². The average Bonchev–Trinajstić information content (AvgIpc) is 2.39. The Labute approximate surface area is 108 Å². The van der Waals surface area contributed by atoms with Gasteiger partial charge < -0.3 is 12.7 Å². The van der Waals surface area contributed by atoms with E-state index in [1.807, 2.05) is 27.9 Å². The largest absolute Gasteiger partial charge is 0.428 e. The summed E-state index contributed by atoms with van der Waals surface area (Å²) in [7, 11) is 0. The highest BCUT2D eigenvalue weighted by Gasteiger charge is 2.18. The van der Waals surface area contributed by atoms with Crippen molar-refractivity contribution in [3.63, 3.8) is 0 Å². The molecule has 4 nitrogen and oxygen atoms in total. The van der Waals surface area contributed by atoms with Crippen molar-refractivity contribution < 1.29 is 12.6 Å². The Morgan fingerprint density at radius 1 is 1.25 bits per heavy atom. The minimum Gasteiger partial charge on any atom is -0.428 e. The molecule has 1 aliphatic heterocycles. The Hall–Kier alpha value is -0.820. The van der Waals surface area contributed by atoms with Gasteiger partial charge in [-0.15, -0.1) is 0 Å². The van der Waals surface area contributed by atoms with E-state index in [1.165, 1.54) is 0 Å². The topological polar surface area (TPSA) is 38.8 Å². The summed E-state index contributed by atoms with van der Waals surface area (Å²) in [5.41, 5.74) is 0.694. The van der Waals surface area contributed by atoms with Crippen molar-refractivity contribution >= 4 is 28.9 Å². The molecule has 1 fully saturated rings. The van der Waals surface area contributed by atoms with E-state index in [1.54, 1.807) is 24.3 Å². The number of rotatable bonds is 2. The predicted molar refractivity (Wildman–Crippen MR) is 67.8 cm³/mol. The van der Waals surface area contributed by atoms with Crippen LogP contribution in [0.3, 0.4) is 0 Å². The van der Waals surface area contributed by atoms with Crippen LogP contribution in [-0.2, 0) is 4.74 Å². The van der Waals surface area contributed by atoms with E-state index in [4.69, 9.17) is 7.80 Å². The second-order valence-electron chi connectivity index (χ2n) is 3.51. The SMILES string of the molecule is O=C(c1ccc(OI)cc1)N1CCOCC1. The molecule has 86 valence electrons. The summed E-state index contributed by atoms with van der Waals surface area (Å²) in [6, 6.07) is 7.15. The maximum Gasteiger partial charge on any atom is 0.254 e. The van der Waals surface area contributed by atoms with Gasteiger partial charge in [0.15, 0.2) is 23.0 Å². The molecule has 0 bridgehead atoms. The third-order valence-corrected chi connectivity index (χ3v) is 3.00. The fraction of sp³-hybridized carbons (Fsp3) is 0.364. The quantitative estimate of drug-likeness (QED) is 0.776. The van der Waals surface area contributed by atoms with Crippen LogP contribution in [0, 0.1) is 0 Å². The molecule has 1 saturated heterocycles. The van der Waals surface area contributed by atoms with Crippen molar-refractivity contribution in [3.8, 4) is 5.75 Å². The van der Waals surface area contributed by atoms with E-state index in [9.17, 15) is 4.79 Å². The highest BCUT2D eigenvalue weighted by atomic mass is 127. The van der Waals surface area contributed by atoms with Gasteiger partial charge in [-0.25, -0.2) is 0 Å². The van der Waals surface area contributed by atoms with Gasteiger partial charge in [0.05, 0.1) is 13.2 Å². The lowest BCUT2D eigenvalue weighted by Gasteiger charge is -2.26. The number of carbonyl (C=O) groups excluding carboxylic acids is 1. The zero-order valence-corrected chi connectivity index (χ0v) is 10.8. The van der Waals surface area contributed by atoms with Gasteiger partial charge in [0.2, 0.25) is 0 Å². The van der Waals surface area contributed by atoms with Gasteiger partial charge >= 0.3 is 0 Å². The van der Waals surface area contributed by atoms with E-state index < -0.39 is 0 Å². The summed E-state index contributed by atoms with van der Waals surface area (Å²) in [4.78, 5) is 13.8. The Balaban J connectivity index is 2.07. The van der Waals surface area contributed by atoms with Crippen molar-refractivity contribution in [1.29, 1.82) is 0 Å². The lowest BCUT2D eigenvalue weighted by atomic mass is 10.2. The van der Waals surface area contributed by atoms with Gasteiger partial charge in [-0.1, -0.05) is 0 Å². The maximum atomic E-state index is 12.0. The van der Waals surface area contributed by atoms with Gasteiger partial charge in [0.25, 0.3) is 5.91 Å². The van der Waals surface area contributed by atoms with E-state index in [0.29, 0.717) is 31.9 Å². The van der Waals surface area contributed by atoms with Gasteiger partial charge in [0.1, 0.15) is 5.75 Å². The Kier molecular flexibility index (Phi) is 4.00. The van der Waals surface area contributed by atoms with Gasteiger partial charge in [-0.2, -0.15) is 0 Å². The first kappa shape index (κ1) is 11.7. The standard InChI is InChI=1S/C11H12INO3/c12-16-10-3-1-9(2-4-10)11(14)13-5-7-15-8-6-13/h1-4H,5-8H2. The fourth-order valence-electron chi connectivity index (χ4n) is 1.60. The number of ether oxygens (including phenoxy) is 1. The van der Waals surface area contributed by atoms with Crippen LogP contribution in [0.15, 0.2) is 24.3 Å². The first-order valence-corrected chi connectivity index (χ1v) is 5.95. The number of hydrogen-bond donors (Lipinski definition) is 0. The van der Waals surface area contributed by atoms with E-state index in [-0.39, 0.29) is 5.91 Å². The van der Waals surface area contributed by atoms with Crippen molar-refractivity contribution in [2.45, 2.75) is 0 Å². The molecule has 0 atom stereocenters. The van der Waals surface area contributed by atoms with Crippen LogP contribution in [0.1, 0.15) is 10.4 Å². The van der Waals surface area contributed by atoms with Crippen molar-refractivity contribution in [2.24, 2.45) is 0 Å². The second kappa shape index (κ2) is 5.49. The van der Waals surface area contributed by atoms with E-state index in [2.05, 4.69) is 0 Å². The molecule has 0 aromatic heterocycles. The average molecular weight is 333 g/mol. The summed E-state index contributed by atoms with van der Waals surface area (Å²) in [6.45, 7) is 2.59. The number of amides is 1. The Morgan fingerprint density at radius 2 is 1.88 bits per heavy atom. The molecule has 1 aliphatic rings. The highest BCUT2D eigenvalue weighted by molar-refractivity contribution is 14.1. The van der Waals surface area contributed by atoms with Crippen LogP contribution in [0.2, 0.25) is 0 Å². The molecule has 5 heteroatoms. The molecule has 0 N–H and O–H groups in total. The lowest BCUT2D eigenvalue weighted by molar-refractivity contribution is 0.0303. The summed E-state index contributed by atoms with van der Waals surface area (Å²) in [5.74, 6) is 0.808. The predicted octanol–water partition coefficient (Wildman–Crippen LogP) is 1.89. The van der Waals surface area contributed by atoms with Crippen LogP contribution in [-0.4, -0.2) is 37.1 Å². The fourth-order valence-corrected chi connectivity index (χ4v) is 1.89. The molecule has 1 amide bonds. The lowest BCUT2D eigenvalue weighted by Crippen LogP contribution is -2.40. The summed E-state index contributed by atoms with van der Waals surface area (Å²) in [6.07, 6.45) is 0. The monoisotopic (exact) mass is 333 g/mol. The molecule has 0 saturated carbocycles. The molecule has 16 heavy (non-hydrogen) atoms. The van der Waals surface area contributed by atoms with Crippen LogP contribution in [0.25, 0.3) is 0 Å². The third kappa shape index (κ3) is 2.65. The number of hydrogen-bond acceptors (Lipinski definition) is 3. The minimum atomic E-state index is 0.0586. The molecule has 1 aromatic carbocycles. The molecule has 0 radical (unpaired) electrons. The number of benzene rings is 1. The van der Waals surface area contributed by atoms with Crippen molar-refractivity contribution in [1.82, 2.24) is 4.90 Å². The molecule has 1 aromatic rings. The summed E-state index contributed by atoms with van der Waals surface area (Å²) >= 11 is 1.81. The van der Waals surface area contributed by atoms with Gasteiger partial charge in [0, 0.05) is 18.7 Å². The van der Waals surface area contributed by atoms with Crippen LogP contribution in [0.4, 0.5) is 0 Å². The summed E-state index contributed by atoms with van der Waals surface area (Å²) in [5, 5.41) is 0. The molecule has 2 rings (SSSR count). The smallest absolute Gasteiger partial charge is 0.254 e. The minimum absolute atomic E-state index is 0.0586. The van der Waals surface area contributed by atoms with Crippen molar-refractivity contribution in [3.05, 3.63) is 29.8 Å². The molecular formula is C11H12INO3.